The average molecular weight is 304 g/mol. The molecule has 0 aliphatic rings. The minimum atomic E-state index is 0.0913. The van der Waals surface area contributed by atoms with Gasteiger partial charge in [0, 0.05) is 23.3 Å². The number of hydrogen-bond donors (Lipinski definition) is 1. The highest BCUT2D eigenvalue weighted by molar-refractivity contribution is 7.09. The molecular formula is C17H24N2OS. The Kier molecular flexibility index (Phi) is 5.01. The van der Waals surface area contributed by atoms with Crippen LogP contribution in [0, 0.1) is 0 Å². The zero-order valence-corrected chi connectivity index (χ0v) is 14.0. The molecule has 2 aromatic rings. The van der Waals surface area contributed by atoms with Crippen molar-refractivity contribution in [3.8, 4) is 5.75 Å². The van der Waals surface area contributed by atoms with E-state index in [0.29, 0.717) is 6.54 Å². The van der Waals surface area contributed by atoms with E-state index in [0.717, 1.165) is 22.9 Å². The Balaban J connectivity index is 2.13. The summed E-state index contributed by atoms with van der Waals surface area (Å²) < 4.78 is 5.19. The maximum absolute atomic E-state index is 5.97. The van der Waals surface area contributed by atoms with Crippen molar-refractivity contribution < 1.29 is 4.74 Å². The lowest BCUT2D eigenvalue weighted by Crippen LogP contribution is -2.16. The Morgan fingerprint density at radius 3 is 2.38 bits per heavy atom. The van der Waals surface area contributed by atoms with Gasteiger partial charge in [0.1, 0.15) is 5.75 Å². The SMILES string of the molecule is COc1ccc(CC(CN)c2nc(C(C)(C)C)cs2)cc1. The topological polar surface area (TPSA) is 48.1 Å². The third-order valence-corrected chi connectivity index (χ3v) is 4.57. The lowest BCUT2D eigenvalue weighted by molar-refractivity contribution is 0.414. The number of hydrogen-bond acceptors (Lipinski definition) is 4. The number of nitrogens with zero attached hydrogens (tertiary/aromatic N) is 1. The van der Waals surface area contributed by atoms with Crippen LogP contribution in [0.5, 0.6) is 5.75 Å². The molecular weight excluding hydrogens is 280 g/mol. The smallest absolute Gasteiger partial charge is 0.118 e. The second-order valence-electron chi connectivity index (χ2n) is 6.31. The lowest BCUT2D eigenvalue weighted by atomic mass is 9.93. The predicted molar refractivity (Wildman–Crippen MR) is 89.3 cm³/mol. The van der Waals surface area contributed by atoms with Crippen LogP contribution in [0.25, 0.3) is 0 Å². The van der Waals surface area contributed by atoms with Gasteiger partial charge in [-0.05, 0) is 24.1 Å². The number of rotatable bonds is 5. The molecule has 0 spiro atoms. The van der Waals surface area contributed by atoms with E-state index in [1.807, 2.05) is 12.1 Å². The van der Waals surface area contributed by atoms with Gasteiger partial charge in [0.05, 0.1) is 17.8 Å². The zero-order chi connectivity index (χ0) is 15.5. The minimum Gasteiger partial charge on any atom is -0.497 e. The highest BCUT2D eigenvalue weighted by Gasteiger charge is 2.21. The van der Waals surface area contributed by atoms with Crippen molar-refractivity contribution in [2.75, 3.05) is 13.7 Å². The van der Waals surface area contributed by atoms with E-state index in [-0.39, 0.29) is 11.3 Å². The van der Waals surface area contributed by atoms with Crippen molar-refractivity contribution in [3.63, 3.8) is 0 Å². The molecule has 1 atom stereocenters. The molecule has 3 nitrogen and oxygen atoms in total. The van der Waals surface area contributed by atoms with Crippen LogP contribution in [0.1, 0.15) is 43.0 Å². The van der Waals surface area contributed by atoms with Crippen molar-refractivity contribution >= 4 is 11.3 Å². The summed E-state index contributed by atoms with van der Waals surface area (Å²) in [6, 6.07) is 8.18. The molecule has 0 saturated heterocycles. The standard InChI is InChI=1S/C17H24N2OS/c1-17(2,3)15-11-21-16(19-15)13(10-18)9-12-5-7-14(20-4)8-6-12/h5-8,11,13H,9-10,18H2,1-4H3. The highest BCUT2D eigenvalue weighted by atomic mass is 32.1. The molecule has 0 fully saturated rings. The van der Waals surface area contributed by atoms with Gasteiger partial charge in [-0.1, -0.05) is 32.9 Å². The van der Waals surface area contributed by atoms with Gasteiger partial charge < -0.3 is 10.5 Å². The van der Waals surface area contributed by atoms with Gasteiger partial charge in [-0.15, -0.1) is 11.3 Å². The van der Waals surface area contributed by atoms with Crippen molar-refractivity contribution in [1.29, 1.82) is 0 Å². The summed E-state index contributed by atoms with van der Waals surface area (Å²) in [5.74, 6) is 1.16. The fraction of sp³-hybridized carbons (Fsp3) is 0.471. The summed E-state index contributed by atoms with van der Waals surface area (Å²) in [4.78, 5) is 4.80. The van der Waals surface area contributed by atoms with Gasteiger partial charge >= 0.3 is 0 Å². The summed E-state index contributed by atoms with van der Waals surface area (Å²) in [7, 11) is 1.68. The lowest BCUT2D eigenvalue weighted by Gasteiger charge is -2.16. The molecule has 0 amide bonds. The van der Waals surface area contributed by atoms with Gasteiger partial charge in [0.15, 0.2) is 0 Å². The first-order valence-corrected chi connectivity index (χ1v) is 8.11. The molecule has 4 heteroatoms. The molecule has 1 unspecified atom stereocenters. The molecule has 0 aliphatic heterocycles. The van der Waals surface area contributed by atoms with Crippen LogP contribution < -0.4 is 10.5 Å². The zero-order valence-electron chi connectivity index (χ0n) is 13.2. The molecule has 0 bridgehead atoms. The first-order chi connectivity index (χ1) is 9.94. The first kappa shape index (κ1) is 16.0. The van der Waals surface area contributed by atoms with E-state index < -0.39 is 0 Å². The molecule has 1 aromatic carbocycles. The monoisotopic (exact) mass is 304 g/mol. The van der Waals surface area contributed by atoms with Crippen LogP contribution in [-0.4, -0.2) is 18.6 Å². The number of aromatic nitrogens is 1. The van der Waals surface area contributed by atoms with E-state index in [9.17, 15) is 0 Å². The van der Waals surface area contributed by atoms with Gasteiger partial charge in [-0.3, -0.25) is 0 Å². The van der Waals surface area contributed by atoms with E-state index in [4.69, 9.17) is 15.5 Å². The third kappa shape index (κ3) is 4.05. The van der Waals surface area contributed by atoms with Crippen LogP contribution in [0.2, 0.25) is 0 Å². The summed E-state index contributed by atoms with van der Waals surface area (Å²) in [5, 5.41) is 3.30. The van der Waals surface area contributed by atoms with E-state index >= 15 is 0 Å². The van der Waals surface area contributed by atoms with Crippen LogP contribution >= 0.6 is 11.3 Å². The van der Waals surface area contributed by atoms with Crippen molar-refractivity contribution in [3.05, 3.63) is 45.9 Å². The number of methoxy groups -OCH3 is 1. The minimum absolute atomic E-state index is 0.0913. The van der Waals surface area contributed by atoms with Crippen LogP contribution in [-0.2, 0) is 11.8 Å². The van der Waals surface area contributed by atoms with E-state index in [1.54, 1.807) is 18.4 Å². The Morgan fingerprint density at radius 1 is 1.24 bits per heavy atom. The molecule has 0 saturated carbocycles. The fourth-order valence-electron chi connectivity index (χ4n) is 2.14. The molecule has 1 heterocycles. The summed E-state index contributed by atoms with van der Waals surface area (Å²) in [6.07, 6.45) is 0.914. The Morgan fingerprint density at radius 2 is 1.90 bits per heavy atom. The predicted octanol–water partition coefficient (Wildman–Crippen LogP) is 3.73. The van der Waals surface area contributed by atoms with Crippen LogP contribution in [0.3, 0.4) is 0 Å². The molecule has 21 heavy (non-hydrogen) atoms. The van der Waals surface area contributed by atoms with E-state index in [1.165, 1.54) is 5.56 Å². The van der Waals surface area contributed by atoms with Gasteiger partial charge in [-0.25, -0.2) is 4.98 Å². The number of ether oxygens (including phenoxy) is 1. The largest absolute Gasteiger partial charge is 0.497 e. The van der Waals surface area contributed by atoms with E-state index in [2.05, 4.69) is 38.3 Å². The molecule has 2 N–H and O–H groups in total. The number of nitrogens with two attached hydrogens (primary N) is 1. The Bertz CT molecular complexity index is 569. The third-order valence-electron chi connectivity index (χ3n) is 3.57. The fourth-order valence-corrected chi connectivity index (χ4v) is 3.30. The van der Waals surface area contributed by atoms with Crippen LogP contribution in [0.15, 0.2) is 29.6 Å². The maximum Gasteiger partial charge on any atom is 0.118 e. The van der Waals surface area contributed by atoms with Crippen molar-refractivity contribution in [2.45, 2.75) is 38.5 Å². The molecule has 1 aromatic heterocycles. The second-order valence-corrected chi connectivity index (χ2v) is 7.20. The second kappa shape index (κ2) is 6.58. The Hall–Kier alpha value is -1.39. The molecule has 0 aliphatic carbocycles. The summed E-state index contributed by atoms with van der Waals surface area (Å²) in [6.45, 7) is 7.18. The van der Waals surface area contributed by atoms with Gasteiger partial charge in [0.2, 0.25) is 0 Å². The Labute approximate surface area is 131 Å². The first-order valence-electron chi connectivity index (χ1n) is 7.23. The van der Waals surface area contributed by atoms with Crippen molar-refractivity contribution in [1.82, 2.24) is 4.98 Å². The highest BCUT2D eigenvalue weighted by Crippen LogP contribution is 2.29. The molecule has 2 rings (SSSR count). The van der Waals surface area contributed by atoms with Crippen LogP contribution in [0.4, 0.5) is 0 Å². The summed E-state index contributed by atoms with van der Waals surface area (Å²) >= 11 is 1.72. The van der Waals surface area contributed by atoms with Crippen molar-refractivity contribution in [2.24, 2.45) is 5.73 Å². The number of thiazole rings is 1. The molecule has 0 radical (unpaired) electrons. The normalized spacial score (nSPS) is 13.2. The molecule has 114 valence electrons. The maximum atomic E-state index is 5.97. The average Bonchev–Trinajstić information content (AvgIpc) is 2.95. The van der Waals surface area contributed by atoms with Gasteiger partial charge in [0.25, 0.3) is 0 Å². The van der Waals surface area contributed by atoms with Gasteiger partial charge in [-0.2, -0.15) is 0 Å². The number of benzene rings is 1. The quantitative estimate of drug-likeness (QED) is 0.915. The summed E-state index contributed by atoms with van der Waals surface area (Å²) in [5.41, 5.74) is 8.47.